The molecule has 66 valence electrons. The summed E-state index contributed by atoms with van der Waals surface area (Å²) in [5.74, 6) is 0. The van der Waals surface area contributed by atoms with Crippen LogP contribution in [-0.4, -0.2) is 12.0 Å². The van der Waals surface area contributed by atoms with Crippen LogP contribution in [0, 0.1) is 0 Å². The highest BCUT2D eigenvalue weighted by atomic mass is 16.1. The molecular weight excluding hydrogens is 164 g/mol. The van der Waals surface area contributed by atoms with Crippen molar-refractivity contribution in [2.24, 2.45) is 0 Å². The maximum absolute atomic E-state index is 11.0. The second-order valence-corrected chi connectivity index (χ2v) is 2.87. The lowest BCUT2D eigenvalue weighted by Crippen LogP contribution is -2.02. The average molecular weight is 174 g/mol. The van der Waals surface area contributed by atoms with Crippen LogP contribution in [-0.2, 0) is 0 Å². The van der Waals surface area contributed by atoms with Crippen LogP contribution in [0.4, 0.5) is 5.69 Å². The molecule has 2 N–H and O–H groups in total. The van der Waals surface area contributed by atoms with Crippen LogP contribution in [0.15, 0.2) is 35.1 Å². The topological polar surface area (TPSA) is 44.9 Å². The number of fused-ring (bicyclic) bond motifs is 1. The summed E-state index contributed by atoms with van der Waals surface area (Å²) in [6.45, 7) is 0. The fourth-order valence-electron chi connectivity index (χ4n) is 1.31. The van der Waals surface area contributed by atoms with Gasteiger partial charge in [0.2, 0.25) is 5.56 Å². The van der Waals surface area contributed by atoms with E-state index in [0.29, 0.717) is 0 Å². The second-order valence-electron chi connectivity index (χ2n) is 2.87. The summed E-state index contributed by atoms with van der Waals surface area (Å²) < 4.78 is 0. The summed E-state index contributed by atoms with van der Waals surface area (Å²) in [6, 6.07) is 9.20. The van der Waals surface area contributed by atoms with Crippen molar-refractivity contribution in [1.29, 1.82) is 0 Å². The monoisotopic (exact) mass is 174 g/mol. The van der Waals surface area contributed by atoms with Crippen molar-refractivity contribution in [2.75, 3.05) is 12.4 Å². The molecule has 0 aliphatic heterocycles. The van der Waals surface area contributed by atoms with Crippen molar-refractivity contribution >= 4 is 16.6 Å². The smallest absolute Gasteiger partial charge is 0.248 e. The lowest BCUT2D eigenvalue weighted by atomic mass is 10.2. The molecule has 13 heavy (non-hydrogen) atoms. The first-order chi connectivity index (χ1) is 6.29. The number of H-pyrrole nitrogens is 1. The first-order valence-corrected chi connectivity index (χ1v) is 4.10. The van der Waals surface area contributed by atoms with E-state index < -0.39 is 0 Å². The normalized spacial score (nSPS) is 10.2. The van der Waals surface area contributed by atoms with Crippen molar-refractivity contribution in [3.05, 3.63) is 40.7 Å². The van der Waals surface area contributed by atoms with Gasteiger partial charge in [0.25, 0.3) is 0 Å². The predicted molar refractivity (Wildman–Crippen MR) is 54.1 cm³/mol. The molecule has 0 radical (unpaired) electrons. The first-order valence-electron chi connectivity index (χ1n) is 4.10. The third-order valence-corrected chi connectivity index (χ3v) is 2.01. The molecular formula is C10H10N2O. The molecule has 2 rings (SSSR count). The molecule has 0 aliphatic carbocycles. The lowest BCUT2D eigenvalue weighted by Gasteiger charge is -2.01. The summed E-state index contributed by atoms with van der Waals surface area (Å²) in [5.41, 5.74) is 1.79. The Morgan fingerprint density at radius 2 is 2.00 bits per heavy atom. The van der Waals surface area contributed by atoms with Crippen LogP contribution in [0.5, 0.6) is 0 Å². The maximum Gasteiger partial charge on any atom is 0.248 e. The largest absolute Gasteiger partial charge is 0.388 e. The molecule has 0 saturated carbocycles. The van der Waals surface area contributed by atoms with Gasteiger partial charge in [-0.3, -0.25) is 4.79 Å². The number of pyridine rings is 1. The number of hydrogen-bond acceptors (Lipinski definition) is 2. The van der Waals surface area contributed by atoms with Crippen molar-refractivity contribution < 1.29 is 0 Å². The van der Waals surface area contributed by atoms with Crippen LogP contribution in [0.1, 0.15) is 0 Å². The number of benzene rings is 1. The minimum Gasteiger partial charge on any atom is -0.388 e. The summed E-state index contributed by atoms with van der Waals surface area (Å²) >= 11 is 0. The molecule has 2 aromatic rings. The van der Waals surface area contributed by atoms with Gasteiger partial charge in [-0.05, 0) is 23.6 Å². The Hall–Kier alpha value is -1.77. The van der Waals surface area contributed by atoms with Crippen LogP contribution >= 0.6 is 0 Å². The molecule has 3 nitrogen and oxygen atoms in total. The van der Waals surface area contributed by atoms with Gasteiger partial charge in [-0.25, -0.2) is 0 Å². The van der Waals surface area contributed by atoms with E-state index in [1.54, 1.807) is 0 Å². The minimum atomic E-state index is -0.0687. The Morgan fingerprint density at radius 1 is 1.23 bits per heavy atom. The van der Waals surface area contributed by atoms with Crippen molar-refractivity contribution in [3.8, 4) is 0 Å². The number of rotatable bonds is 1. The molecule has 0 bridgehead atoms. The Balaban J connectivity index is 2.75. The van der Waals surface area contributed by atoms with E-state index in [4.69, 9.17) is 0 Å². The van der Waals surface area contributed by atoms with Crippen molar-refractivity contribution in [3.63, 3.8) is 0 Å². The molecule has 0 amide bonds. The third-order valence-electron chi connectivity index (χ3n) is 2.01. The molecule has 0 atom stereocenters. The highest BCUT2D eigenvalue weighted by Crippen LogP contribution is 2.14. The maximum atomic E-state index is 11.0. The van der Waals surface area contributed by atoms with Gasteiger partial charge < -0.3 is 10.3 Å². The third kappa shape index (κ3) is 1.40. The van der Waals surface area contributed by atoms with E-state index >= 15 is 0 Å². The number of hydrogen-bond donors (Lipinski definition) is 2. The molecule has 1 heterocycles. The molecule has 1 aromatic heterocycles. The van der Waals surface area contributed by atoms with Gasteiger partial charge >= 0.3 is 0 Å². The summed E-state index contributed by atoms with van der Waals surface area (Å²) in [6.07, 6.45) is 0. The standard InChI is InChI=1S/C10H10N2O/c1-11-8-4-2-7-3-5-10(13)12-9(7)6-8/h2-6,11H,1H3,(H,12,13). The first kappa shape index (κ1) is 7.86. The number of nitrogens with one attached hydrogen (secondary N) is 2. The van der Waals surface area contributed by atoms with E-state index in [9.17, 15) is 4.79 Å². The van der Waals surface area contributed by atoms with Crippen LogP contribution < -0.4 is 10.9 Å². The van der Waals surface area contributed by atoms with Gasteiger partial charge in [0.1, 0.15) is 0 Å². The second kappa shape index (κ2) is 2.94. The Labute approximate surface area is 75.4 Å². The van der Waals surface area contributed by atoms with Gasteiger partial charge in [0.15, 0.2) is 0 Å². The van der Waals surface area contributed by atoms with Gasteiger partial charge in [-0.1, -0.05) is 6.07 Å². The quantitative estimate of drug-likeness (QED) is 0.689. The molecule has 1 aromatic carbocycles. The molecule has 0 aliphatic rings. The highest BCUT2D eigenvalue weighted by Gasteiger charge is 1.94. The summed E-state index contributed by atoms with van der Waals surface area (Å²) in [7, 11) is 1.85. The number of aromatic nitrogens is 1. The molecule has 0 saturated heterocycles. The fourth-order valence-corrected chi connectivity index (χ4v) is 1.31. The van der Waals surface area contributed by atoms with E-state index in [1.165, 1.54) is 6.07 Å². The Bertz CT molecular complexity index is 487. The molecule has 0 spiro atoms. The van der Waals surface area contributed by atoms with Crippen molar-refractivity contribution in [1.82, 2.24) is 4.98 Å². The van der Waals surface area contributed by atoms with Gasteiger partial charge in [0, 0.05) is 18.8 Å². The van der Waals surface area contributed by atoms with Crippen LogP contribution in [0.25, 0.3) is 10.9 Å². The van der Waals surface area contributed by atoms with E-state index in [2.05, 4.69) is 10.3 Å². The van der Waals surface area contributed by atoms with E-state index in [1.807, 2.05) is 31.3 Å². The van der Waals surface area contributed by atoms with Crippen LogP contribution in [0.2, 0.25) is 0 Å². The van der Waals surface area contributed by atoms with Crippen LogP contribution in [0.3, 0.4) is 0 Å². The van der Waals surface area contributed by atoms with Gasteiger partial charge in [-0.2, -0.15) is 0 Å². The average Bonchev–Trinajstić information content (AvgIpc) is 2.16. The number of anilines is 1. The molecule has 3 heteroatoms. The Kier molecular flexibility index (Phi) is 1.77. The fraction of sp³-hybridized carbons (Fsp3) is 0.100. The summed E-state index contributed by atoms with van der Waals surface area (Å²) in [5, 5.41) is 4.06. The predicted octanol–water partition coefficient (Wildman–Crippen LogP) is 1.57. The summed E-state index contributed by atoms with van der Waals surface area (Å²) in [4.78, 5) is 13.8. The minimum absolute atomic E-state index is 0.0687. The van der Waals surface area contributed by atoms with Gasteiger partial charge in [-0.15, -0.1) is 0 Å². The SMILES string of the molecule is CNc1ccc2ccc(=O)[nH]c2c1. The Morgan fingerprint density at radius 3 is 2.77 bits per heavy atom. The van der Waals surface area contributed by atoms with E-state index in [0.717, 1.165) is 16.6 Å². The zero-order chi connectivity index (χ0) is 9.26. The molecule has 0 unspecified atom stereocenters. The highest BCUT2D eigenvalue weighted by molar-refractivity contribution is 5.81. The lowest BCUT2D eigenvalue weighted by molar-refractivity contribution is 1.31. The zero-order valence-corrected chi connectivity index (χ0v) is 7.29. The van der Waals surface area contributed by atoms with Crippen molar-refractivity contribution in [2.45, 2.75) is 0 Å². The van der Waals surface area contributed by atoms with E-state index in [-0.39, 0.29) is 5.56 Å². The van der Waals surface area contributed by atoms with Gasteiger partial charge in [0.05, 0.1) is 5.52 Å². The number of aromatic amines is 1. The molecule has 0 fully saturated rings. The zero-order valence-electron chi connectivity index (χ0n) is 7.29.